The molecular formula is C16H17N3. The average molecular weight is 251 g/mol. The molecule has 0 aliphatic carbocycles. The first-order valence-corrected chi connectivity index (χ1v) is 6.55. The lowest BCUT2D eigenvalue weighted by molar-refractivity contribution is 0.564. The zero-order valence-corrected chi connectivity index (χ0v) is 10.7. The third-order valence-corrected chi connectivity index (χ3v) is 3.49. The molecule has 2 aromatic heterocycles. The van der Waals surface area contributed by atoms with Gasteiger partial charge in [-0.15, -0.1) is 0 Å². The maximum absolute atomic E-state index is 5.79. The van der Waals surface area contributed by atoms with Crippen molar-refractivity contribution >= 4 is 10.9 Å². The molecule has 0 fully saturated rings. The summed E-state index contributed by atoms with van der Waals surface area (Å²) in [6.45, 7) is 0.666. The largest absolute Gasteiger partial charge is 0.339 e. The van der Waals surface area contributed by atoms with E-state index < -0.39 is 0 Å². The van der Waals surface area contributed by atoms with Crippen molar-refractivity contribution in [3.63, 3.8) is 0 Å². The lowest BCUT2D eigenvalue weighted by Gasteiger charge is -2.20. The molecule has 2 heterocycles. The lowest BCUT2D eigenvalue weighted by Crippen LogP contribution is -2.14. The summed E-state index contributed by atoms with van der Waals surface area (Å²) in [6.07, 6.45) is 6.79. The molecule has 1 aromatic carbocycles. The number of rotatable bonds is 4. The predicted octanol–water partition coefficient (Wildman–Crippen LogP) is 2.97. The van der Waals surface area contributed by atoms with Gasteiger partial charge in [-0.25, -0.2) is 0 Å². The second-order valence-corrected chi connectivity index (χ2v) is 4.66. The Morgan fingerprint density at radius 3 is 2.74 bits per heavy atom. The van der Waals surface area contributed by atoms with Gasteiger partial charge in [0.05, 0.1) is 17.8 Å². The molecule has 3 rings (SSSR count). The zero-order valence-electron chi connectivity index (χ0n) is 10.7. The van der Waals surface area contributed by atoms with E-state index in [-0.39, 0.29) is 6.04 Å². The molecular weight excluding hydrogens is 234 g/mol. The summed E-state index contributed by atoms with van der Waals surface area (Å²) in [4.78, 5) is 4.23. The highest BCUT2D eigenvalue weighted by atomic mass is 15.0. The Kier molecular flexibility index (Phi) is 3.29. The first-order valence-electron chi connectivity index (χ1n) is 6.55. The summed E-state index contributed by atoms with van der Waals surface area (Å²) in [6, 6.07) is 14.9. The van der Waals surface area contributed by atoms with Crippen LogP contribution >= 0.6 is 0 Å². The molecule has 3 nitrogen and oxygen atoms in total. The van der Waals surface area contributed by atoms with Crippen molar-refractivity contribution in [2.75, 3.05) is 6.54 Å². The van der Waals surface area contributed by atoms with Gasteiger partial charge in [0.25, 0.3) is 0 Å². The summed E-state index contributed by atoms with van der Waals surface area (Å²) >= 11 is 0. The molecule has 0 radical (unpaired) electrons. The van der Waals surface area contributed by atoms with Crippen LogP contribution in [0.1, 0.15) is 18.0 Å². The SMILES string of the molecule is NCCC(c1ccccc1)n1ccc2ccncc21. The van der Waals surface area contributed by atoms with Crippen LogP contribution in [-0.2, 0) is 0 Å². The minimum absolute atomic E-state index is 0.271. The van der Waals surface area contributed by atoms with E-state index in [0.29, 0.717) is 6.54 Å². The van der Waals surface area contributed by atoms with Gasteiger partial charge in [0.15, 0.2) is 0 Å². The number of nitrogens with two attached hydrogens (primary N) is 1. The van der Waals surface area contributed by atoms with Crippen LogP contribution in [0.25, 0.3) is 10.9 Å². The van der Waals surface area contributed by atoms with Crippen LogP contribution in [0.3, 0.4) is 0 Å². The van der Waals surface area contributed by atoms with Gasteiger partial charge in [-0.1, -0.05) is 30.3 Å². The number of hydrogen-bond donors (Lipinski definition) is 1. The summed E-state index contributed by atoms with van der Waals surface area (Å²) < 4.78 is 2.27. The van der Waals surface area contributed by atoms with Gasteiger partial charge in [-0.2, -0.15) is 0 Å². The predicted molar refractivity (Wildman–Crippen MR) is 78.0 cm³/mol. The summed E-state index contributed by atoms with van der Waals surface area (Å²) in [5, 5.41) is 1.22. The van der Waals surface area contributed by atoms with Crippen LogP contribution in [0.4, 0.5) is 0 Å². The molecule has 0 aliphatic rings. The summed E-state index contributed by atoms with van der Waals surface area (Å²) in [5.41, 5.74) is 8.23. The Morgan fingerprint density at radius 2 is 1.95 bits per heavy atom. The standard InChI is InChI=1S/C16H17N3/c17-9-6-15(13-4-2-1-3-5-13)19-11-8-14-7-10-18-12-16(14)19/h1-5,7-8,10-12,15H,6,9,17H2. The van der Waals surface area contributed by atoms with Crippen LogP contribution in [0.2, 0.25) is 0 Å². The third kappa shape index (κ3) is 2.25. The van der Waals surface area contributed by atoms with Gasteiger partial charge in [0.2, 0.25) is 0 Å². The number of benzene rings is 1. The Hall–Kier alpha value is -2.13. The lowest BCUT2D eigenvalue weighted by atomic mass is 10.0. The number of hydrogen-bond acceptors (Lipinski definition) is 2. The van der Waals surface area contributed by atoms with E-state index in [1.807, 2.05) is 24.5 Å². The molecule has 0 bridgehead atoms. The van der Waals surface area contributed by atoms with Crippen LogP contribution in [0.5, 0.6) is 0 Å². The van der Waals surface area contributed by atoms with Crippen molar-refractivity contribution in [3.05, 3.63) is 66.6 Å². The van der Waals surface area contributed by atoms with Crippen molar-refractivity contribution in [2.24, 2.45) is 5.73 Å². The molecule has 0 saturated heterocycles. The summed E-state index contributed by atoms with van der Waals surface area (Å²) in [5.74, 6) is 0. The average Bonchev–Trinajstić information content (AvgIpc) is 2.89. The quantitative estimate of drug-likeness (QED) is 0.774. The van der Waals surface area contributed by atoms with Crippen molar-refractivity contribution in [1.29, 1.82) is 0 Å². The normalized spacial score (nSPS) is 12.7. The molecule has 1 atom stereocenters. The van der Waals surface area contributed by atoms with E-state index in [4.69, 9.17) is 5.73 Å². The fraction of sp³-hybridized carbons (Fsp3) is 0.188. The van der Waals surface area contributed by atoms with Crippen molar-refractivity contribution in [1.82, 2.24) is 9.55 Å². The van der Waals surface area contributed by atoms with Gasteiger partial charge in [-0.3, -0.25) is 4.98 Å². The molecule has 3 aromatic rings. The van der Waals surface area contributed by atoms with Crippen molar-refractivity contribution in [3.8, 4) is 0 Å². The van der Waals surface area contributed by atoms with Gasteiger partial charge >= 0.3 is 0 Å². The van der Waals surface area contributed by atoms with E-state index >= 15 is 0 Å². The van der Waals surface area contributed by atoms with E-state index in [2.05, 4.69) is 46.1 Å². The van der Waals surface area contributed by atoms with Gasteiger partial charge in [0, 0.05) is 17.8 Å². The zero-order chi connectivity index (χ0) is 13.1. The van der Waals surface area contributed by atoms with Crippen LogP contribution in [-0.4, -0.2) is 16.1 Å². The maximum Gasteiger partial charge on any atom is 0.0672 e. The number of aromatic nitrogens is 2. The van der Waals surface area contributed by atoms with Crippen LogP contribution in [0.15, 0.2) is 61.1 Å². The monoisotopic (exact) mass is 251 g/mol. The Labute approximate surface area is 112 Å². The number of nitrogens with zero attached hydrogens (tertiary/aromatic N) is 2. The van der Waals surface area contributed by atoms with E-state index in [0.717, 1.165) is 11.9 Å². The third-order valence-electron chi connectivity index (χ3n) is 3.49. The molecule has 0 amide bonds. The second-order valence-electron chi connectivity index (χ2n) is 4.66. The molecule has 96 valence electrons. The molecule has 0 aliphatic heterocycles. The highest BCUT2D eigenvalue weighted by Crippen LogP contribution is 2.26. The van der Waals surface area contributed by atoms with Gasteiger partial charge in [-0.05, 0) is 30.7 Å². The summed E-state index contributed by atoms with van der Waals surface area (Å²) in [7, 11) is 0. The Balaban J connectivity index is 2.10. The first kappa shape index (κ1) is 11.9. The minimum atomic E-state index is 0.271. The fourth-order valence-electron chi connectivity index (χ4n) is 2.57. The minimum Gasteiger partial charge on any atom is -0.339 e. The molecule has 2 N–H and O–H groups in total. The van der Waals surface area contributed by atoms with Crippen molar-refractivity contribution in [2.45, 2.75) is 12.5 Å². The number of pyridine rings is 1. The first-order chi connectivity index (χ1) is 9.40. The smallest absolute Gasteiger partial charge is 0.0672 e. The second kappa shape index (κ2) is 5.24. The van der Waals surface area contributed by atoms with E-state index in [1.54, 1.807) is 0 Å². The van der Waals surface area contributed by atoms with E-state index in [1.165, 1.54) is 10.9 Å². The van der Waals surface area contributed by atoms with Crippen LogP contribution in [0, 0.1) is 0 Å². The molecule has 19 heavy (non-hydrogen) atoms. The highest BCUT2D eigenvalue weighted by molar-refractivity contribution is 5.79. The highest BCUT2D eigenvalue weighted by Gasteiger charge is 2.14. The molecule has 1 unspecified atom stereocenters. The maximum atomic E-state index is 5.79. The van der Waals surface area contributed by atoms with E-state index in [9.17, 15) is 0 Å². The van der Waals surface area contributed by atoms with Crippen LogP contribution < -0.4 is 5.73 Å². The molecule has 3 heteroatoms. The van der Waals surface area contributed by atoms with Crippen molar-refractivity contribution < 1.29 is 0 Å². The Bertz CT molecular complexity index is 658. The fourth-order valence-corrected chi connectivity index (χ4v) is 2.57. The Morgan fingerprint density at radius 1 is 1.11 bits per heavy atom. The number of fused-ring (bicyclic) bond motifs is 1. The molecule has 0 saturated carbocycles. The van der Waals surface area contributed by atoms with Gasteiger partial charge < -0.3 is 10.3 Å². The topological polar surface area (TPSA) is 43.8 Å². The molecule has 0 spiro atoms. The van der Waals surface area contributed by atoms with Gasteiger partial charge in [0.1, 0.15) is 0 Å².